The molecule has 0 saturated heterocycles. The van der Waals surface area contributed by atoms with Gasteiger partial charge in [-0.25, -0.2) is 4.98 Å². The summed E-state index contributed by atoms with van der Waals surface area (Å²) in [6.45, 7) is 3.10. The molecule has 0 spiro atoms. The predicted octanol–water partition coefficient (Wildman–Crippen LogP) is 4.40. The Morgan fingerprint density at radius 1 is 1.50 bits per heavy atom. The first-order valence-corrected chi connectivity index (χ1v) is 8.52. The highest BCUT2D eigenvalue weighted by atomic mass is 127. The molecule has 0 fully saturated rings. The average Bonchev–Trinajstić information content (AvgIpc) is 2.85. The first kappa shape index (κ1) is 14.4. The SMILES string of the molecule is CCNC(Cc1nccs1)c1cc(Br)ccc1I. The van der Waals surface area contributed by atoms with Gasteiger partial charge in [-0.15, -0.1) is 11.3 Å². The topological polar surface area (TPSA) is 24.9 Å². The first-order valence-electron chi connectivity index (χ1n) is 5.77. The summed E-state index contributed by atoms with van der Waals surface area (Å²) in [4.78, 5) is 4.38. The molecule has 5 heteroatoms. The van der Waals surface area contributed by atoms with Crippen LogP contribution in [0, 0.1) is 3.57 Å². The van der Waals surface area contributed by atoms with Gasteiger partial charge in [0, 0.05) is 32.1 Å². The maximum Gasteiger partial charge on any atom is 0.0943 e. The van der Waals surface area contributed by atoms with Crippen LogP contribution in [0.4, 0.5) is 0 Å². The average molecular weight is 437 g/mol. The van der Waals surface area contributed by atoms with Crippen molar-refractivity contribution in [1.82, 2.24) is 10.3 Å². The number of halogens is 2. The van der Waals surface area contributed by atoms with Crippen molar-refractivity contribution in [2.24, 2.45) is 0 Å². The molecular weight excluding hydrogens is 423 g/mol. The van der Waals surface area contributed by atoms with Gasteiger partial charge in [0.15, 0.2) is 0 Å². The molecule has 0 aliphatic heterocycles. The maximum atomic E-state index is 4.38. The van der Waals surface area contributed by atoms with Crippen LogP contribution in [0.15, 0.2) is 34.2 Å². The molecule has 2 aromatic rings. The molecule has 2 rings (SSSR count). The normalized spacial score (nSPS) is 12.6. The van der Waals surface area contributed by atoms with Gasteiger partial charge >= 0.3 is 0 Å². The Hall–Kier alpha value is 0.0200. The van der Waals surface area contributed by atoms with Crippen LogP contribution in [0.5, 0.6) is 0 Å². The maximum absolute atomic E-state index is 4.38. The minimum atomic E-state index is 0.325. The number of nitrogens with one attached hydrogen (secondary N) is 1. The van der Waals surface area contributed by atoms with E-state index < -0.39 is 0 Å². The van der Waals surface area contributed by atoms with E-state index in [1.165, 1.54) is 14.1 Å². The van der Waals surface area contributed by atoms with Gasteiger partial charge in [-0.05, 0) is 52.9 Å². The molecule has 0 amide bonds. The lowest BCUT2D eigenvalue weighted by Crippen LogP contribution is -2.23. The van der Waals surface area contributed by atoms with E-state index in [0.717, 1.165) is 17.4 Å². The van der Waals surface area contributed by atoms with E-state index in [-0.39, 0.29) is 0 Å². The summed E-state index contributed by atoms with van der Waals surface area (Å²) in [7, 11) is 0. The van der Waals surface area contributed by atoms with E-state index in [9.17, 15) is 0 Å². The Bertz CT molecular complexity index is 502. The van der Waals surface area contributed by atoms with E-state index >= 15 is 0 Å². The molecule has 0 aliphatic rings. The van der Waals surface area contributed by atoms with Crippen LogP contribution in [-0.2, 0) is 6.42 Å². The van der Waals surface area contributed by atoms with E-state index in [0.29, 0.717) is 6.04 Å². The Balaban J connectivity index is 2.26. The molecule has 18 heavy (non-hydrogen) atoms. The van der Waals surface area contributed by atoms with Crippen LogP contribution in [0.3, 0.4) is 0 Å². The monoisotopic (exact) mass is 436 g/mol. The second kappa shape index (κ2) is 6.98. The van der Waals surface area contributed by atoms with Crippen LogP contribution in [0.1, 0.15) is 23.5 Å². The van der Waals surface area contributed by atoms with Crippen molar-refractivity contribution in [3.05, 3.63) is 48.4 Å². The van der Waals surface area contributed by atoms with E-state index in [1.807, 2.05) is 11.6 Å². The van der Waals surface area contributed by atoms with Crippen molar-refractivity contribution >= 4 is 49.9 Å². The third-order valence-corrected chi connectivity index (χ3v) is 4.92. The third kappa shape index (κ3) is 3.76. The summed E-state index contributed by atoms with van der Waals surface area (Å²) >= 11 is 7.66. The Morgan fingerprint density at radius 2 is 2.33 bits per heavy atom. The van der Waals surface area contributed by atoms with Gasteiger partial charge in [-0.1, -0.05) is 22.9 Å². The Kier molecular flexibility index (Phi) is 5.59. The lowest BCUT2D eigenvalue weighted by molar-refractivity contribution is 0.546. The predicted molar refractivity (Wildman–Crippen MR) is 89.1 cm³/mol. The number of hydrogen-bond donors (Lipinski definition) is 1. The molecule has 96 valence electrons. The van der Waals surface area contributed by atoms with Crippen molar-refractivity contribution in [3.8, 4) is 0 Å². The molecule has 0 radical (unpaired) electrons. The van der Waals surface area contributed by atoms with Crippen molar-refractivity contribution in [3.63, 3.8) is 0 Å². The second-order valence-corrected chi connectivity index (χ2v) is 6.96. The van der Waals surface area contributed by atoms with Crippen LogP contribution < -0.4 is 5.32 Å². The molecule has 1 atom stereocenters. The van der Waals surface area contributed by atoms with Gasteiger partial charge in [0.05, 0.1) is 5.01 Å². The molecule has 1 unspecified atom stereocenters. The van der Waals surface area contributed by atoms with Crippen LogP contribution in [0.2, 0.25) is 0 Å². The number of benzene rings is 1. The largest absolute Gasteiger partial charge is 0.310 e. The fourth-order valence-electron chi connectivity index (χ4n) is 1.85. The number of hydrogen-bond acceptors (Lipinski definition) is 3. The zero-order chi connectivity index (χ0) is 13.0. The first-order chi connectivity index (χ1) is 8.70. The third-order valence-electron chi connectivity index (χ3n) is 2.65. The summed E-state index contributed by atoms with van der Waals surface area (Å²) in [5.74, 6) is 0. The molecule has 1 N–H and O–H groups in total. The molecule has 0 bridgehead atoms. The van der Waals surface area contributed by atoms with Crippen LogP contribution in [0.25, 0.3) is 0 Å². The Labute approximate surface area is 133 Å². The van der Waals surface area contributed by atoms with E-state index in [1.54, 1.807) is 11.3 Å². The van der Waals surface area contributed by atoms with E-state index in [2.05, 4.69) is 73.9 Å². The van der Waals surface area contributed by atoms with Crippen molar-refractivity contribution < 1.29 is 0 Å². The lowest BCUT2D eigenvalue weighted by atomic mass is 10.0. The highest BCUT2D eigenvalue weighted by Crippen LogP contribution is 2.27. The highest BCUT2D eigenvalue weighted by Gasteiger charge is 2.15. The summed E-state index contributed by atoms with van der Waals surface area (Å²) in [6, 6.07) is 6.75. The van der Waals surface area contributed by atoms with E-state index in [4.69, 9.17) is 0 Å². The van der Waals surface area contributed by atoms with Crippen molar-refractivity contribution in [2.75, 3.05) is 6.54 Å². The van der Waals surface area contributed by atoms with Gasteiger partial charge in [0.1, 0.15) is 0 Å². The Morgan fingerprint density at radius 3 is 3.00 bits per heavy atom. The highest BCUT2D eigenvalue weighted by molar-refractivity contribution is 14.1. The smallest absolute Gasteiger partial charge is 0.0943 e. The van der Waals surface area contributed by atoms with Gasteiger partial charge in [-0.2, -0.15) is 0 Å². The zero-order valence-electron chi connectivity index (χ0n) is 9.99. The molecule has 0 saturated carbocycles. The van der Waals surface area contributed by atoms with Crippen LogP contribution >= 0.6 is 49.9 Å². The quantitative estimate of drug-likeness (QED) is 0.702. The summed E-state index contributed by atoms with van der Waals surface area (Å²) in [5, 5.41) is 6.76. The number of thiazole rings is 1. The molecule has 0 aliphatic carbocycles. The zero-order valence-corrected chi connectivity index (χ0v) is 14.5. The van der Waals surface area contributed by atoms with Gasteiger partial charge < -0.3 is 5.32 Å². The second-order valence-electron chi connectivity index (χ2n) is 3.91. The minimum absolute atomic E-state index is 0.325. The summed E-state index contributed by atoms with van der Waals surface area (Å²) in [5.41, 5.74) is 1.34. The summed E-state index contributed by atoms with van der Waals surface area (Å²) in [6.07, 6.45) is 2.81. The number of rotatable bonds is 5. The molecular formula is C13H14BrIN2S. The summed E-state index contributed by atoms with van der Waals surface area (Å²) < 4.78 is 2.42. The molecule has 1 heterocycles. The fourth-order valence-corrected chi connectivity index (χ4v) is 3.60. The molecule has 1 aromatic carbocycles. The van der Waals surface area contributed by atoms with Gasteiger partial charge in [-0.3, -0.25) is 0 Å². The standard InChI is InChI=1S/C13H14BrIN2S/c1-2-16-12(8-13-17-5-6-18-13)10-7-9(14)3-4-11(10)15/h3-7,12,16H,2,8H2,1H3. The van der Waals surface area contributed by atoms with Crippen molar-refractivity contribution in [2.45, 2.75) is 19.4 Å². The molecule has 1 aromatic heterocycles. The van der Waals surface area contributed by atoms with Gasteiger partial charge in [0.25, 0.3) is 0 Å². The number of likely N-dealkylation sites (N-methyl/N-ethyl adjacent to an activating group) is 1. The fraction of sp³-hybridized carbons (Fsp3) is 0.308. The minimum Gasteiger partial charge on any atom is -0.310 e. The number of aromatic nitrogens is 1. The van der Waals surface area contributed by atoms with Crippen LogP contribution in [-0.4, -0.2) is 11.5 Å². The number of nitrogens with zero attached hydrogens (tertiary/aromatic N) is 1. The van der Waals surface area contributed by atoms with Crippen molar-refractivity contribution in [1.29, 1.82) is 0 Å². The molecule has 2 nitrogen and oxygen atoms in total. The van der Waals surface area contributed by atoms with Gasteiger partial charge in [0.2, 0.25) is 0 Å². The lowest BCUT2D eigenvalue weighted by Gasteiger charge is -2.19.